The van der Waals surface area contributed by atoms with Gasteiger partial charge in [-0.1, -0.05) is 59.0 Å². The van der Waals surface area contributed by atoms with E-state index in [-0.39, 0.29) is 22.3 Å². The summed E-state index contributed by atoms with van der Waals surface area (Å²) in [5.41, 5.74) is 1.16. The second-order valence-corrected chi connectivity index (χ2v) is 11.1. The van der Waals surface area contributed by atoms with E-state index in [1.165, 1.54) is 36.9 Å². The van der Waals surface area contributed by atoms with Crippen LogP contribution in [-0.4, -0.2) is 41.2 Å². The average Bonchev–Trinajstić information content (AvgIpc) is 3.54. The molecule has 2 heterocycles. The lowest BCUT2D eigenvalue weighted by Crippen LogP contribution is -2.29. The molecule has 0 bridgehead atoms. The van der Waals surface area contributed by atoms with Gasteiger partial charge >= 0.3 is 5.91 Å². The number of hydrogen-bond donors (Lipinski definition) is 1. The van der Waals surface area contributed by atoms with Gasteiger partial charge < -0.3 is 14.6 Å². The van der Waals surface area contributed by atoms with Crippen molar-refractivity contribution in [3.63, 3.8) is 0 Å². The fourth-order valence-electron chi connectivity index (χ4n) is 4.24. The Balaban J connectivity index is 1.58. The van der Waals surface area contributed by atoms with Gasteiger partial charge in [-0.15, -0.1) is 10.2 Å². The molecule has 0 aliphatic carbocycles. The van der Waals surface area contributed by atoms with Crippen molar-refractivity contribution >= 4 is 57.3 Å². The number of methoxy groups -OCH3 is 2. The lowest BCUT2D eigenvalue weighted by Gasteiger charge is -2.23. The number of ketones is 1. The summed E-state index contributed by atoms with van der Waals surface area (Å²) < 4.78 is 25.3. The number of aliphatic hydroxyl groups is 1. The number of benzene rings is 3. The first kappa shape index (κ1) is 27.6. The van der Waals surface area contributed by atoms with Gasteiger partial charge in [-0.05, 0) is 53.6 Å². The van der Waals surface area contributed by atoms with E-state index < -0.39 is 17.7 Å². The molecular weight excluding hydrogens is 577 g/mol. The molecule has 1 aliphatic rings. The molecule has 0 spiro atoms. The first-order chi connectivity index (χ1) is 19.3. The van der Waals surface area contributed by atoms with Gasteiger partial charge in [0.2, 0.25) is 5.13 Å². The average molecular weight is 598 g/mol. The predicted molar refractivity (Wildman–Crippen MR) is 152 cm³/mol. The molecule has 1 saturated heterocycles. The van der Waals surface area contributed by atoms with Crippen molar-refractivity contribution in [2.75, 3.05) is 19.1 Å². The molecule has 0 radical (unpaired) electrons. The van der Waals surface area contributed by atoms with E-state index in [0.29, 0.717) is 43.3 Å². The summed E-state index contributed by atoms with van der Waals surface area (Å²) in [6, 6.07) is 16.6. The monoisotopic (exact) mass is 597 g/mol. The molecule has 12 heteroatoms. The summed E-state index contributed by atoms with van der Waals surface area (Å²) in [6.07, 6.45) is 0. The summed E-state index contributed by atoms with van der Waals surface area (Å²) in [6.45, 7) is 0. The van der Waals surface area contributed by atoms with Crippen LogP contribution in [0, 0.1) is 5.82 Å². The quantitative estimate of drug-likeness (QED) is 0.0834. The number of amides is 1. The zero-order chi connectivity index (χ0) is 28.4. The zero-order valence-electron chi connectivity index (χ0n) is 21.1. The molecule has 1 N–H and O–H groups in total. The third-order valence-electron chi connectivity index (χ3n) is 6.20. The van der Waals surface area contributed by atoms with E-state index in [1.54, 1.807) is 60.7 Å². The van der Waals surface area contributed by atoms with Crippen LogP contribution >= 0.6 is 34.7 Å². The summed E-state index contributed by atoms with van der Waals surface area (Å²) in [4.78, 5) is 28.0. The Morgan fingerprint density at radius 1 is 1.05 bits per heavy atom. The topological polar surface area (TPSA) is 102 Å². The third kappa shape index (κ3) is 5.27. The van der Waals surface area contributed by atoms with Crippen LogP contribution in [0.3, 0.4) is 0 Å². The minimum absolute atomic E-state index is 0.129. The van der Waals surface area contributed by atoms with Gasteiger partial charge in [0, 0.05) is 16.3 Å². The Morgan fingerprint density at radius 3 is 2.48 bits per heavy atom. The number of thioether (sulfide) groups is 1. The Morgan fingerprint density at radius 2 is 1.77 bits per heavy atom. The first-order valence-electron chi connectivity index (χ1n) is 11.8. The van der Waals surface area contributed by atoms with Gasteiger partial charge in [0.15, 0.2) is 15.8 Å². The molecule has 204 valence electrons. The molecule has 1 unspecified atom stereocenters. The maximum atomic E-state index is 14.1. The number of carbonyl (C=O) groups excluding carboxylic acids is 2. The largest absolute Gasteiger partial charge is 0.507 e. The second-order valence-electron chi connectivity index (χ2n) is 8.52. The molecule has 1 aromatic heterocycles. The van der Waals surface area contributed by atoms with Crippen LogP contribution in [-0.2, 0) is 15.3 Å². The highest BCUT2D eigenvalue weighted by Gasteiger charge is 2.48. The molecule has 0 saturated carbocycles. The number of Topliss-reactive ketones (excluding diaryl/α,β-unsaturated/α-hetero) is 1. The summed E-state index contributed by atoms with van der Waals surface area (Å²) in [5, 5.41) is 20.2. The minimum atomic E-state index is -1.05. The Kier molecular flexibility index (Phi) is 8.06. The van der Waals surface area contributed by atoms with Crippen molar-refractivity contribution in [3.05, 3.63) is 99.8 Å². The van der Waals surface area contributed by atoms with Gasteiger partial charge in [0.25, 0.3) is 5.78 Å². The molecule has 5 rings (SSSR count). The third-order valence-corrected chi connectivity index (χ3v) is 8.55. The number of hydrogen-bond acceptors (Lipinski definition) is 9. The molecule has 4 aromatic rings. The van der Waals surface area contributed by atoms with E-state index in [4.69, 9.17) is 21.1 Å². The molecule has 8 nitrogen and oxygen atoms in total. The van der Waals surface area contributed by atoms with Gasteiger partial charge in [0.05, 0.1) is 25.8 Å². The zero-order valence-corrected chi connectivity index (χ0v) is 23.5. The summed E-state index contributed by atoms with van der Waals surface area (Å²) >= 11 is 8.34. The van der Waals surface area contributed by atoms with Crippen molar-refractivity contribution in [3.8, 4) is 11.5 Å². The normalized spacial score (nSPS) is 16.4. The highest BCUT2D eigenvalue weighted by molar-refractivity contribution is 8.00. The second kappa shape index (κ2) is 11.7. The number of aliphatic hydroxyl groups excluding tert-OH is 1. The lowest BCUT2D eigenvalue weighted by atomic mass is 9.95. The fourth-order valence-corrected chi connectivity index (χ4v) is 6.22. The summed E-state index contributed by atoms with van der Waals surface area (Å²) in [5.74, 6) is -1.34. The van der Waals surface area contributed by atoms with E-state index in [2.05, 4.69) is 10.2 Å². The highest BCUT2D eigenvalue weighted by Crippen LogP contribution is 2.45. The Labute approximate surface area is 242 Å². The van der Waals surface area contributed by atoms with Crippen molar-refractivity contribution in [1.82, 2.24) is 10.2 Å². The first-order valence-corrected chi connectivity index (χ1v) is 14.0. The fraction of sp³-hybridized carbons (Fsp3) is 0.143. The van der Waals surface area contributed by atoms with Crippen molar-refractivity contribution in [1.29, 1.82) is 0 Å². The SMILES string of the molecule is COc1ccc(C2/C(=C(/O)c3ccc(Cl)cc3)C(=O)C(=O)N2c2nnc(SCc3ccccc3F)s2)cc1OC. The summed E-state index contributed by atoms with van der Waals surface area (Å²) in [7, 11) is 2.96. The van der Waals surface area contributed by atoms with Gasteiger partial charge in [-0.2, -0.15) is 0 Å². The van der Waals surface area contributed by atoms with Crippen LogP contribution < -0.4 is 14.4 Å². The van der Waals surface area contributed by atoms with Crippen LogP contribution in [0.4, 0.5) is 9.52 Å². The van der Waals surface area contributed by atoms with Gasteiger partial charge in [0.1, 0.15) is 11.6 Å². The van der Waals surface area contributed by atoms with Gasteiger partial charge in [-0.25, -0.2) is 4.39 Å². The predicted octanol–water partition coefficient (Wildman–Crippen LogP) is 6.27. The van der Waals surface area contributed by atoms with Crippen LogP contribution in [0.5, 0.6) is 11.5 Å². The number of rotatable bonds is 8. The molecular formula is C28H21ClFN3O5S2. The molecule has 3 aromatic carbocycles. The maximum absolute atomic E-state index is 14.1. The number of halogens is 2. The lowest BCUT2D eigenvalue weighted by molar-refractivity contribution is -0.132. The smallest absolute Gasteiger partial charge is 0.301 e. The molecule has 1 aliphatic heterocycles. The highest BCUT2D eigenvalue weighted by atomic mass is 35.5. The number of nitrogens with zero attached hydrogens (tertiary/aromatic N) is 3. The molecule has 1 fully saturated rings. The van der Waals surface area contributed by atoms with Gasteiger partial charge in [-0.3, -0.25) is 14.5 Å². The maximum Gasteiger partial charge on any atom is 0.301 e. The molecule has 1 atom stereocenters. The van der Waals surface area contributed by atoms with Crippen LogP contribution in [0.25, 0.3) is 5.76 Å². The van der Waals surface area contributed by atoms with Crippen molar-refractivity contribution < 1.29 is 28.6 Å². The van der Waals surface area contributed by atoms with E-state index in [9.17, 15) is 19.1 Å². The number of aromatic nitrogens is 2. The standard InChI is InChI=1S/C28H21ClFN3O5S2/c1-37-20-12-9-16(13-21(20)38-2)23-22(24(34)15-7-10-18(29)11-8-15)25(35)26(36)33(23)27-31-32-28(40-27)39-14-17-5-3-4-6-19(17)30/h3-13,23,34H,14H2,1-2H3/b24-22-. The van der Waals surface area contributed by atoms with Crippen LogP contribution in [0.15, 0.2) is 76.6 Å². The van der Waals surface area contributed by atoms with Crippen LogP contribution in [0.1, 0.15) is 22.7 Å². The Hall–Kier alpha value is -3.93. The molecule has 1 amide bonds. The number of ether oxygens (including phenoxy) is 2. The number of anilines is 1. The van der Waals surface area contributed by atoms with E-state index in [0.717, 1.165) is 11.3 Å². The van der Waals surface area contributed by atoms with E-state index >= 15 is 0 Å². The van der Waals surface area contributed by atoms with Crippen molar-refractivity contribution in [2.24, 2.45) is 0 Å². The Bertz CT molecular complexity index is 1630. The molecule has 40 heavy (non-hydrogen) atoms. The van der Waals surface area contributed by atoms with Crippen molar-refractivity contribution in [2.45, 2.75) is 16.1 Å². The van der Waals surface area contributed by atoms with E-state index in [1.807, 2.05) is 0 Å². The minimum Gasteiger partial charge on any atom is -0.507 e. The van der Waals surface area contributed by atoms with Crippen LogP contribution in [0.2, 0.25) is 5.02 Å². The number of carbonyl (C=O) groups is 2.